The largest absolute Gasteiger partial charge is 0.462 e. The number of carbonyl (C=O) groups excluding carboxylic acids is 1. The number of fused-ring (bicyclic) bond motifs is 1. The normalized spacial score (nSPS) is 19.5. The van der Waals surface area contributed by atoms with Crippen molar-refractivity contribution in [3.05, 3.63) is 36.4 Å². The highest BCUT2D eigenvalue weighted by atomic mass is 32.2. The van der Waals surface area contributed by atoms with Gasteiger partial charge in [0.2, 0.25) is 10.0 Å². The van der Waals surface area contributed by atoms with Gasteiger partial charge in [-0.3, -0.25) is 4.79 Å². The summed E-state index contributed by atoms with van der Waals surface area (Å²) in [5, 5.41) is 10.9. The Bertz CT molecular complexity index is 1230. The molecule has 0 aliphatic heterocycles. The molecule has 0 aromatic heterocycles. The zero-order chi connectivity index (χ0) is 28.3. The first-order chi connectivity index (χ1) is 18.6. The highest BCUT2D eigenvalue weighted by molar-refractivity contribution is 7.89. The SMILES string of the molecule is CN(C)c1cccc2c(S(=O)(=O)NCCCCCCCCCCC(=O)OC3CCC(C)(C#N)CC3)cccc12. The molecular formula is C31H45N3O4S. The van der Waals surface area contributed by atoms with Gasteiger partial charge in [0.05, 0.1) is 16.4 Å². The van der Waals surface area contributed by atoms with Crippen molar-refractivity contribution in [2.45, 2.75) is 101 Å². The first kappa shape index (κ1) is 30.9. The first-order valence-electron chi connectivity index (χ1n) is 14.4. The van der Waals surface area contributed by atoms with E-state index >= 15 is 0 Å². The number of hydrogen-bond acceptors (Lipinski definition) is 6. The van der Waals surface area contributed by atoms with Crippen LogP contribution in [-0.2, 0) is 19.6 Å². The molecule has 0 spiro atoms. The molecule has 3 rings (SSSR count). The van der Waals surface area contributed by atoms with Crippen molar-refractivity contribution in [3.63, 3.8) is 0 Å². The lowest BCUT2D eigenvalue weighted by Gasteiger charge is -2.31. The summed E-state index contributed by atoms with van der Waals surface area (Å²) in [5.74, 6) is -0.107. The van der Waals surface area contributed by atoms with Gasteiger partial charge in [-0.15, -0.1) is 0 Å². The van der Waals surface area contributed by atoms with E-state index in [1.807, 2.05) is 50.2 Å². The van der Waals surface area contributed by atoms with Gasteiger partial charge in [0.15, 0.2) is 0 Å². The second-order valence-electron chi connectivity index (χ2n) is 11.4. The van der Waals surface area contributed by atoms with E-state index in [0.717, 1.165) is 93.5 Å². The van der Waals surface area contributed by atoms with Gasteiger partial charge in [-0.25, -0.2) is 13.1 Å². The molecule has 2 aromatic rings. The zero-order valence-electron chi connectivity index (χ0n) is 23.9. The predicted molar refractivity (Wildman–Crippen MR) is 157 cm³/mol. The number of rotatable bonds is 15. The molecule has 8 heteroatoms. The first-order valence-corrected chi connectivity index (χ1v) is 15.9. The zero-order valence-corrected chi connectivity index (χ0v) is 24.7. The lowest BCUT2D eigenvalue weighted by Crippen LogP contribution is -2.29. The minimum atomic E-state index is -3.58. The van der Waals surface area contributed by atoms with Crippen molar-refractivity contribution in [3.8, 4) is 6.07 Å². The average Bonchev–Trinajstić information content (AvgIpc) is 2.92. The van der Waals surface area contributed by atoms with Crippen molar-refractivity contribution < 1.29 is 17.9 Å². The lowest BCUT2D eigenvalue weighted by molar-refractivity contribution is -0.151. The number of nitrogens with one attached hydrogen (secondary N) is 1. The minimum Gasteiger partial charge on any atom is -0.462 e. The molecule has 0 bridgehead atoms. The monoisotopic (exact) mass is 555 g/mol. The van der Waals surface area contributed by atoms with Crippen molar-refractivity contribution >= 4 is 32.5 Å². The molecule has 0 saturated heterocycles. The molecule has 1 N–H and O–H groups in total. The molecule has 0 atom stereocenters. The van der Waals surface area contributed by atoms with Crippen molar-refractivity contribution in [2.75, 3.05) is 25.5 Å². The summed E-state index contributed by atoms with van der Waals surface area (Å²) < 4.78 is 34.4. The Morgan fingerprint density at radius 2 is 1.56 bits per heavy atom. The number of ether oxygens (including phenoxy) is 1. The van der Waals surface area contributed by atoms with Crippen LogP contribution >= 0.6 is 0 Å². The van der Waals surface area contributed by atoms with Crippen LogP contribution in [0.15, 0.2) is 41.3 Å². The smallest absolute Gasteiger partial charge is 0.306 e. The number of nitriles is 1. The topological polar surface area (TPSA) is 99.5 Å². The van der Waals surface area contributed by atoms with E-state index in [4.69, 9.17) is 4.74 Å². The maximum atomic E-state index is 13.0. The summed E-state index contributed by atoms with van der Waals surface area (Å²) in [5.41, 5.74) is 0.736. The number of sulfonamides is 1. The van der Waals surface area contributed by atoms with Crippen LogP contribution in [0.5, 0.6) is 0 Å². The predicted octanol–water partition coefficient (Wildman–Crippen LogP) is 6.71. The third kappa shape index (κ3) is 9.22. The Hall–Kier alpha value is -2.63. The van der Waals surface area contributed by atoms with Gasteiger partial charge in [-0.1, -0.05) is 62.8 Å². The third-order valence-corrected chi connectivity index (χ3v) is 9.35. The summed E-state index contributed by atoms with van der Waals surface area (Å²) in [7, 11) is 0.331. The van der Waals surface area contributed by atoms with Crippen molar-refractivity contribution in [1.29, 1.82) is 5.26 Å². The highest BCUT2D eigenvalue weighted by Crippen LogP contribution is 2.36. The fraction of sp³-hybridized carbons (Fsp3) is 0.613. The van der Waals surface area contributed by atoms with E-state index in [1.165, 1.54) is 0 Å². The highest BCUT2D eigenvalue weighted by Gasteiger charge is 2.32. The maximum Gasteiger partial charge on any atom is 0.306 e. The van der Waals surface area contributed by atoms with Crippen LogP contribution in [0.3, 0.4) is 0 Å². The number of esters is 1. The molecule has 1 aliphatic carbocycles. The van der Waals surface area contributed by atoms with E-state index in [1.54, 1.807) is 12.1 Å². The van der Waals surface area contributed by atoms with Crippen LogP contribution in [0.25, 0.3) is 10.8 Å². The molecule has 39 heavy (non-hydrogen) atoms. The molecule has 0 radical (unpaired) electrons. The minimum absolute atomic E-state index is 0.0219. The summed E-state index contributed by atoms with van der Waals surface area (Å²) in [6.45, 7) is 2.42. The molecular weight excluding hydrogens is 510 g/mol. The quantitative estimate of drug-likeness (QED) is 0.194. The molecule has 0 heterocycles. The summed E-state index contributed by atoms with van der Waals surface area (Å²) in [6.07, 6.45) is 11.7. The number of nitrogens with zero attached hydrogens (tertiary/aromatic N) is 2. The van der Waals surface area contributed by atoms with Gasteiger partial charge in [-0.05, 0) is 57.6 Å². The fourth-order valence-electron chi connectivity index (χ4n) is 5.33. The van der Waals surface area contributed by atoms with Crippen molar-refractivity contribution in [2.24, 2.45) is 5.41 Å². The second-order valence-corrected chi connectivity index (χ2v) is 13.1. The number of benzene rings is 2. The Balaban J connectivity index is 1.24. The number of anilines is 1. The number of carbonyl (C=O) groups is 1. The van der Waals surface area contributed by atoms with Crippen LogP contribution in [0.2, 0.25) is 0 Å². The van der Waals surface area contributed by atoms with Gasteiger partial charge in [0.1, 0.15) is 6.10 Å². The van der Waals surface area contributed by atoms with E-state index in [9.17, 15) is 18.5 Å². The van der Waals surface area contributed by atoms with Crippen LogP contribution in [-0.4, -0.2) is 41.1 Å². The Morgan fingerprint density at radius 1 is 0.974 bits per heavy atom. The van der Waals surface area contributed by atoms with Crippen molar-refractivity contribution in [1.82, 2.24) is 4.72 Å². The van der Waals surface area contributed by atoms with Gasteiger partial charge in [-0.2, -0.15) is 5.26 Å². The Kier molecular flexibility index (Phi) is 11.6. The van der Waals surface area contributed by atoms with Crippen LogP contribution in [0.1, 0.15) is 90.4 Å². The number of hydrogen-bond donors (Lipinski definition) is 1. The molecule has 1 fully saturated rings. The average molecular weight is 556 g/mol. The fourth-order valence-corrected chi connectivity index (χ4v) is 6.62. The molecule has 0 amide bonds. The summed E-state index contributed by atoms with van der Waals surface area (Å²) in [6, 6.07) is 13.6. The van der Waals surface area contributed by atoms with Gasteiger partial charge in [0.25, 0.3) is 0 Å². The lowest BCUT2D eigenvalue weighted by atomic mass is 9.76. The maximum absolute atomic E-state index is 13.0. The van der Waals surface area contributed by atoms with E-state index in [2.05, 4.69) is 10.8 Å². The molecule has 7 nitrogen and oxygen atoms in total. The van der Waals surface area contributed by atoms with Gasteiger partial charge in [0, 0.05) is 43.5 Å². The van der Waals surface area contributed by atoms with Crippen LogP contribution in [0.4, 0.5) is 5.69 Å². The van der Waals surface area contributed by atoms with Gasteiger partial charge < -0.3 is 9.64 Å². The molecule has 2 aromatic carbocycles. The third-order valence-electron chi connectivity index (χ3n) is 7.83. The van der Waals surface area contributed by atoms with Crippen LogP contribution in [0, 0.1) is 16.7 Å². The van der Waals surface area contributed by atoms with Gasteiger partial charge >= 0.3 is 5.97 Å². The number of unbranched alkanes of at least 4 members (excludes halogenated alkanes) is 7. The molecule has 1 aliphatic rings. The van der Waals surface area contributed by atoms with E-state index in [-0.39, 0.29) is 17.5 Å². The van der Waals surface area contributed by atoms with E-state index < -0.39 is 10.0 Å². The van der Waals surface area contributed by atoms with Crippen LogP contribution < -0.4 is 9.62 Å². The van der Waals surface area contributed by atoms with E-state index in [0.29, 0.717) is 17.9 Å². The Morgan fingerprint density at radius 3 is 2.21 bits per heavy atom. The molecule has 214 valence electrons. The summed E-state index contributed by atoms with van der Waals surface area (Å²) in [4.78, 5) is 14.4. The molecule has 0 unspecified atom stereocenters. The standard InChI is InChI=1S/C31H45N3O4S/c1-31(24-32)21-19-25(20-22-31)38-30(35)18-10-8-6-4-5-7-9-11-23-33-39(36,37)29-17-13-14-26-27(29)15-12-16-28(26)34(2)3/h12-17,25,33H,4-11,18-23H2,1-3H3. The second kappa shape index (κ2) is 14.7. The Labute approximate surface area is 235 Å². The summed E-state index contributed by atoms with van der Waals surface area (Å²) >= 11 is 0. The molecule has 1 saturated carbocycles.